The molecule has 0 saturated heterocycles. The molecule has 2 aromatic rings. The highest BCUT2D eigenvalue weighted by molar-refractivity contribution is 7.17. The molecule has 1 N–H and O–H groups in total. The van der Waals surface area contributed by atoms with Gasteiger partial charge in [-0.3, -0.25) is 9.48 Å². The summed E-state index contributed by atoms with van der Waals surface area (Å²) in [4.78, 5) is 38.3. The van der Waals surface area contributed by atoms with Gasteiger partial charge in [-0.25, -0.2) is 9.59 Å². The smallest absolute Gasteiger partial charge is 0.356 e. The topological polar surface area (TPSA) is 99.5 Å². The van der Waals surface area contributed by atoms with Crippen LogP contribution in [0.1, 0.15) is 68.5 Å². The summed E-state index contributed by atoms with van der Waals surface area (Å²) in [6.07, 6.45) is 3.75. The number of fused-ring (bicyclic) bond motifs is 1. The Morgan fingerprint density at radius 3 is 2.54 bits per heavy atom. The van der Waals surface area contributed by atoms with E-state index >= 15 is 0 Å². The minimum absolute atomic E-state index is 0.0757. The maximum Gasteiger partial charge on any atom is 0.356 e. The van der Waals surface area contributed by atoms with Gasteiger partial charge < -0.3 is 14.8 Å². The predicted molar refractivity (Wildman–Crippen MR) is 104 cm³/mol. The van der Waals surface area contributed by atoms with Gasteiger partial charge in [0, 0.05) is 18.0 Å². The average Bonchev–Trinajstić information content (AvgIpc) is 3.22. The Morgan fingerprint density at radius 2 is 1.82 bits per heavy atom. The largest absolute Gasteiger partial charge is 0.462 e. The van der Waals surface area contributed by atoms with E-state index in [2.05, 4.69) is 10.4 Å². The summed E-state index contributed by atoms with van der Waals surface area (Å²) in [5.41, 5.74) is 1.67. The van der Waals surface area contributed by atoms with Crippen LogP contribution in [0.5, 0.6) is 0 Å². The number of hydrogen-bond donors (Lipinski definition) is 1. The van der Waals surface area contributed by atoms with Crippen LogP contribution in [-0.2, 0) is 29.4 Å². The second-order valence-electron chi connectivity index (χ2n) is 6.35. The molecule has 9 heteroatoms. The molecule has 28 heavy (non-hydrogen) atoms. The molecule has 0 atom stereocenters. The van der Waals surface area contributed by atoms with Crippen LogP contribution in [0.15, 0.2) is 6.07 Å². The second kappa shape index (κ2) is 8.55. The molecule has 1 aliphatic carbocycles. The highest BCUT2D eigenvalue weighted by Gasteiger charge is 2.28. The molecule has 0 aromatic carbocycles. The van der Waals surface area contributed by atoms with E-state index in [0.29, 0.717) is 10.6 Å². The summed E-state index contributed by atoms with van der Waals surface area (Å²) in [5.74, 6) is -1.46. The molecule has 0 spiro atoms. The van der Waals surface area contributed by atoms with Crippen molar-refractivity contribution in [2.75, 3.05) is 18.5 Å². The van der Waals surface area contributed by atoms with E-state index in [9.17, 15) is 14.4 Å². The van der Waals surface area contributed by atoms with Crippen LogP contribution in [0.4, 0.5) is 5.00 Å². The van der Waals surface area contributed by atoms with Crippen LogP contribution in [0.2, 0.25) is 0 Å². The number of aryl methyl sites for hydroxylation is 2. The Morgan fingerprint density at radius 1 is 1.14 bits per heavy atom. The number of nitrogens with one attached hydrogen (secondary N) is 1. The summed E-state index contributed by atoms with van der Waals surface area (Å²) in [7, 11) is 1.57. The zero-order valence-corrected chi connectivity index (χ0v) is 17.0. The molecule has 0 unspecified atom stereocenters. The van der Waals surface area contributed by atoms with E-state index in [0.717, 1.165) is 36.1 Å². The molecule has 0 aliphatic heterocycles. The number of amides is 1. The number of hydrogen-bond acceptors (Lipinski definition) is 7. The van der Waals surface area contributed by atoms with Crippen LogP contribution in [0.25, 0.3) is 0 Å². The summed E-state index contributed by atoms with van der Waals surface area (Å²) in [6, 6.07) is 1.38. The fraction of sp³-hybridized carbons (Fsp3) is 0.474. The zero-order valence-electron chi connectivity index (χ0n) is 16.2. The van der Waals surface area contributed by atoms with Gasteiger partial charge in [-0.05, 0) is 45.1 Å². The SMILES string of the molecule is CCOC(=O)c1c(NC(=O)c2cc(C(=O)OCC)n(C)n2)sc2c1CCCC2. The third-order valence-corrected chi connectivity index (χ3v) is 5.68. The fourth-order valence-electron chi connectivity index (χ4n) is 3.21. The van der Waals surface area contributed by atoms with E-state index in [1.165, 1.54) is 22.1 Å². The first-order valence-electron chi connectivity index (χ1n) is 9.30. The molecular weight excluding hydrogens is 382 g/mol. The van der Waals surface area contributed by atoms with E-state index < -0.39 is 17.8 Å². The number of esters is 2. The Bertz CT molecular complexity index is 915. The molecule has 2 heterocycles. The van der Waals surface area contributed by atoms with Crippen molar-refractivity contribution in [2.45, 2.75) is 39.5 Å². The van der Waals surface area contributed by atoms with E-state index in [1.807, 2.05) is 0 Å². The number of carbonyl (C=O) groups excluding carboxylic acids is 3. The van der Waals surface area contributed by atoms with Crippen LogP contribution >= 0.6 is 11.3 Å². The van der Waals surface area contributed by atoms with Gasteiger partial charge in [0.15, 0.2) is 5.69 Å². The molecule has 3 rings (SSSR count). The number of ether oxygens (including phenoxy) is 2. The van der Waals surface area contributed by atoms with Crippen molar-refractivity contribution in [3.05, 3.63) is 33.5 Å². The molecule has 150 valence electrons. The minimum atomic E-state index is -0.546. The summed E-state index contributed by atoms with van der Waals surface area (Å²) in [5, 5.41) is 7.35. The maximum absolute atomic E-state index is 12.7. The third-order valence-electron chi connectivity index (χ3n) is 4.47. The monoisotopic (exact) mass is 405 g/mol. The first kappa shape index (κ1) is 20.1. The van der Waals surface area contributed by atoms with E-state index in [1.54, 1.807) is 20.9 Å². The Hall–Kier alpha value is -2.68. The number of thiophene rings is 1. The maximum atomic E-state index is 12.7. The van der Waals surface area contributed by atoms with Gasteiger partial charge in [0.25, 0.3) is 5.91 Å². The van der Waals surface area contributed by atoms with Gasteiger partial charge in [-0.15, -0.1) is 11.3 Å². The molecule has 8 nitrogen and oxygen atoms in total. The normalized spacial score (nSPS) is 13.0. The quantitative estimate of drug-likeness (QED) is 0.742. The lowest BCUT2D eigenvalue weighted by atomic mass is 9.95. The van der Waals surface area contributed by atoms with Gasteiger partial charge in [0.05, 0.1) is 18.8 Å². The molecule has 1 aliphatic rings. The highest BCUT2D eigenvalue weighted by atomic mass is 32.1. The molecular formula is C19H23N3O5S. The zero-order chi connectivity index (χ0) is 20.3. The first-order valence-corrected chi connectivity index (χ1v) is 10.1. The highest BCUT2D eigenvalue weighted by Crippen LogP contribution is 2.38. The van der Waals surface area contributed by atoms with Crippen molar-refractivity contribution in [2.24, 2.45) is 7.05 Å². The Labute approximate surface area is 166 Å². The molecule has 0 radical (unpaired) electrons. The number of anilines is 1. The molecule has 0 bridgehead atoms. The van der Waals surface area contributed by atoms with Crippen molar-refractivity contribution < 1.29 is 23.9 Å². The summed E-state index contributed by atoms with van der Waals surface area (Å²) < 4.78 is 11.5. The van der Waals surface area contributed by atoms with Gasteiger partial charge >= 0.3 is 11.9 Å². The van der Waals surface area contributed by atoms with Gasteiger partial charge in [-0.2, -0.15) is 5.10 Å². The van der Waals surface area contributed by atoms with Crippen LogP contribution in [-0.4, -0.2) is 40.8 Å². The number of nitrogens with zero attached hydrogens (tertiary/aromatic N) is 2. The van der Waals surface area contributed by atoms with E-state index in [-0.39, 0.29) is 24.6 Å². The van der Waals surface area contributed by atoms with Crippen molar-refractivity contribution in [3.63, 3.8) is 0 Å². The van der Waals surface area contributed by atoms with E-state index in [4.69, 9.17) is 9.47 Å². The minimum Gasteiger partial charge on any atom is -0.462 e. The lowest BCUT2D eigenvalue weighted by molar-refractivity contribution is 0.0508. The van der Waals surface area contributed by atoms with Gasteiger partial charge in [0.1, 0.15) is 10.7 Å². The van der Waals surface area contributed by atoms with Crippen LogP contribution < -0.4 is 5.32 Å². The fourth-order valence-corrected chi connectivity index (χ4v) is 4.49. The second-order valence-corrected chi connectivity index (χ2v) is 7.45. The summed E-state index contributed by atoms with van der Waals surface area (Å²) in [6.45, 7) is 3.95. The van der Waals surface area contributed by atoms with Gasteiger partial charge in [-0.1, -0.05) is 0 Å². The van der Waals surface area contributed by atoms with Crippen LogP contribution in [0, 0.1) is 0 Å². The lowest BCUT2D eigenvalue weighted by Crippen LogP contribution is -2.16. The third kappa shape index (κ3) is 3.94. The first-order chi connectivity index (χ1) is 13.5. The number of aromatic nitrogens is 2. The van der Waals surface area contributed by atoms with Crippen LogP contribution in [0.3, 0.4) is 0 Å². The predicted octanol–water partition coefficient (Wildman–Crippen LogP) is 2.97. The number of rotatable bonds is 6. The Kier molecular flexibility index (Phi) is 6.13. The molecule has 1 amide bonds. The van der Waals surface area contributed by atoms with Gasteiger partial charge in [0.2, 0.25) is 0 Å². The Balaban J connectivity index is 1.88. The van der Waals surface area contributed by atoms with Crippen molar-refractivity contribution in [3.8, 4) is 0 Å². The van der Waals surface area contributed by atoms with Crippen molar-refractivity contribution >= 4 is 34.2 Å². The van der Waals surface area contributed by atoms with Crippen molar-refractivity contribution in [1.29, 1.82) is 0 Å². The molecule has 0 fully saturated rings. The number of carbonyl (C=O) groups is 3. The lowest BCUT2D eigenvalue weighted by Gasteiger charge is -2.12. The standard InChI is InChI=1S/C19H23N3O5S/c1-4-26-18(24)13-10-12(21-22(13)3)16(23)20-17-15(19(25)27-5-2)11-8-6-7-9-14(11)28-17/h10H,4-9H2,1-3H3,(H,20,23). The summed E-state index contributed by atoms with van der Waals surface area (Å²) >= 11 is 1.41. The molecule has 0 saturated carbocycles. The van der Waals surface area contributed by atoms with Crippen molar-refractivity contribution in [1.82, 2.24) is 9.78 Å². The average molecular weight is 405 g/mol. The molecule has 2 aromatic heterocycles.